The molecule has 1 unspecified atom stereocenters. The Balaban J connectivity index is 1.93. The van der Waals surface area contributed by atoms with E-state index in [-0.39, 0.29) is 51.9 Å². The van der Waals surface area contributed by atoms with Gasteiger partial charge < -0.3 is 19.3 Å². The number of benzene rings is 1. The second kappa shape index (κ2) is 10.3. The second-order valence-electron chi connectivity index (χ2n) is 7.72. The lowest BCUT2D eigenvalue weighted by atomic mass is 10.1. The maximum Gasteiger partial charge on any atom is 0.425 e. The summed E-state index contributed by atoms with van der Waals surface area (Å²) in [6.07, 6.45) is -5.54. The molecule has 1 N–H and O–H groups in total. The van der Waals surface area contributed by atoms with Crippen molar-refractivity contribution in [2.45, 2.75) is 39.3 Å². The van der Waals surface area contributed by atoms with Gasteiger partial charge in [-0.15, -0.1) is 5.10 Å². The average Bonchev–Trinajstić information content (AvgIpc) is 3.19. The predicted molar refractivity (Wildman–Crippen MR) is 127 cm³/mol. The van der Waals surface area contributed by atoms with E-state index in [9.17, 15) is 23.1 Å². The van der Waals surface area contributed by atoms with Gasteiger partial charge in [0.25, 0.3) is 0 Å². The van der Waals surface area contributed by atoms with E-state index >= 15 is 0 Å². The zero-order chi connectivity index (χ0) is 26.9. The molecule has 196 valence electrons. The number of hydrogen-bond donors (Lipinski definition) is 1. The fourth-order valence-electron chi connectivity index (χ4n) is 3.51. The maximum absolute atomic E-state index is 13.4. The topological polar surface area (TPSA) is 114 Å². The number of aliphatic hydroxyl groups excluding tert-OH is 1. The van der Waals surface area contributed by atoms with Crippen molar-refractivity contribution in [3.63, 3.8) is 0 Å². The Morgan fingerprint density at radius 1 is 1.19 bits per heavy atom. The summed E-state index contributed by atoms with van der Waals surface area (Å²) in [5.41, 5.74) is -0.475. The molecule has 0 saturated heterocycles. The molecule has 0 spiro atoms. The van der Waals surface area contributed by atoms with Crippen molar-refractivity contribution < 1.29 is 32.5 Å². The van der Waals surface area contributed by atoms with E-state index in [4.69, 9.17) is 25.8 Å². The van der Waals surface area contributed by atoms with Gasteiger partial charge in [-0.25, -0.2) is 9.78 Å². The van der Waals surface area contributed by atoms with Crippen LogP contribution in [0.4, 0.5) is 13.2 Å². The van der Waals surface area contributed by atoms with Crippen LogP contribution in [0.5, 0.6) is 23.4 Å². The number of nitrogens with zero attached hydrogens (tertiary/aromatic N) is 5. The van der Waals surface area contributed by atoms with E-state index in [1.807, 2.05) is 0 Å². The quantitative estimate of drug-likeness (QED) is 0.353. The maximum atomic E-state index is 13.4. The van der Waals surface area contributed by atoms with Gasteiger partial charge in [0.2, 0.25) is 17.6 Å². The summed E-state index contributed by atoms with van der Waals surface area (Å²) in [5.74, 6) is -0.224. The molecule has 0 saturated carbocycles. The Morgan fingerprint density at radius 2 is 1.95 bits per heavy atom. The van der Waals surface area contributed by atoms with Crippen LogP contribution in [0.3, 0.4) is 0 Å². The first-order valence-electron chi connectivity index (χ1n) is 10.9. The standard InChI is InChI=1S/C23H21ClF3N5O5/c1-4-31-17(11-33)30-32(22(31)34)14-9-13-7-8-28-21(37-20-15(24)5-6-18(29-20)35-3)19(13)16(10-14)36-12(2)23(25,26)27/h5-10,12,33H,4,11H2,1-3H3. The van der Waals surface area contributed by atoms with Gasteiger partial charge in [0.05, 0.1) is 18.2 Å². The molecular formula is C23H21ClF3N5O5. The van der Waals surface area contributed by atoms with Crippen LogP contribution < -0.4 is 19.9 Å². The summed E-state index contributed by atoms with van der Waals surface area (Å²) in [7, 11) is 1.40. The number of hydrogen-bond acceptors (Lipinski definition) is 8. The van der Waals surface area contributed by atoms with Crippen LogP contribution in [0.1, 0.15) is 19.7 Å². The SMILES string of the molecule is CCn1c(CO)nn(-c2cc(OC(C)C(F)(F)F)c3c(Oc4nc(OC)ccc4Cl)nccc3c2)c1=O. The van der Waals surface area contributed by atoms with E-state index in [0.717, 1.165) is 11.6 Å². The summed E-state index contributed by atoms with van der Waals surface area (Å²) in [6, 6.07) is 7.21. The smallest absolute Gasteiger partial charge is 0.425 e. The van der Waals surface area contributed by atoms with Gasteiger partial charge in [0.15, 0.2) is 11.9 Å². The van der Waals surface area contributed by atoms with Crippen molar-refractivity contribution in [3.05, 3.63) is 57.9 Å². The molecule has 0 aliphatic rings. The third-order valence-electron chi connectivity index (χ3n) is 5.37. The van der Waals surface area contributed by atoms with E-state index < -0.39 is 24.6 Å². The van der Waals surface area contributed by atoms with E-state index in [0.29, 0.717) is 5.39 Å². The average molecular weight is 540 g/mol. The van der Waals surface area contributed by atoms with Crippen LogP contribution in [0.25, 0.3) is 16.5 Å². The molecule has 3 heterocycles. The van der Waals surface area contributed by atoms with Crippen molar-refractivity contribution in [3.8, 4) is 29.1 Å². The number of halogens is 4. The molecule has 10 nitrogen and oxygen atoms in total. The van der Waals surface area contributed by atoms with Crippen molar-refractivity contribution in [2.75, 3.05) is 7.11 Å². The zero-order valence-electron chi connectivity index (χ0n) is 19.8. The number of aliphatic hydroxyl groups is 1. The molecule has 4 aromatic rings. The Kier molecular flexibility index (Phi) is 7.28. The van der Waals surface area contributed by atoms with Gasteiger partial charge in [0, 0.05) is 24.9 Å². The molecule has 14 heteroatoms. The van der Waals surface area contributed by atoms with Crippen LogP contribution >= 0.6 is 11.6 Å². The molecule has 37 heavy (non-hydrogen) atoms. The van der Waals surface area contributed by atoms with Gasteiger partial charge in [-0.1, -0.05) is 11.6 Å². The minimum absolute atomic E-state index is 0.0772. The van der Waals surface area contributed by atoms with Crippen molar-refractivity contribution in [1.82, 2.24) is 24.3 Å². The normalized spacial score (nSPS) is 12.5. The molecule has 0 amide bonds. The van der Waals surface area contributed by atoms with Crippen molar-refractivity contribution in [1.29, 1.82) is 0 Å². The van der Waals surface area contributed by atoms with Gasteiger partial charge in [0.1, 0.15) is 17.4 Å². The molecule has 0 aliphatic carbocycles. The lowest BCUT2D eigenvalue weighted by Crippen LogP contribution is -2.31. The third-order valence-corrected chi connectivity index (χ3v) is 5.66. The fourth-order valence-corrected chi connectivity index (χ4v) is 3.65. The summed E-state index contributed by atoms with van der Waals surface area (Å²) in [5, 5.41) is 14.2. The first-order chi connectivity index (χ1) is 17.6. The molecule has 0 fully saturated rings. The largest absolute Gasteiger partial charge is 0.481 e. The summed E-state index contributed by atoms with van der Waals surface area (Å²) >= 11 is 6.19. The van der Waals surface area contributed by atoms with Crippen molar-refractivity contribution in [2.24, 2.45) is 0 Å². The van der Waals surface area contributed by atoms with Crippen molar-refractivity contribution >= 4 is 22.4 Å². The first-order valence-corrected chi connectivity index (χ1v) is 11.3. The molecule has 4 rings (SSSR count). The highest BCUT2D eigenvalue weighted by Gasteiger charge is 2.38. The van der Waals surface area contributed by atoms with E-state index in [2.05, 4.69) is 15.1 Å². The lowest BCUT2D eigenvalue weighted by molar-refractivity contribution is -0.189. The van der Waals surface area contributed by atoms with Crippen LogP contribution in [0.2, 0.25) is 5.02 Å². The Morgan fingerprint density at radius 3 is 2.57 bits per heavy atom. The molecule has 0 bridgehead atoms. The minimum Gasteiger partial charge on any atom is -0.481 e. The lowest BCUT2D eigenvalue weighted by Gasteiger charge is -2.20. The molecule has 1 atom stereocenters. The number of methoxy groups -OCH3 is 1. The summed E-state index contributed by atoms with van der Waals surface area (Å²) < 4.78 is 58.7. The number of pyridine rings is 2. The monoisotopic (exact) mass is 539 g/mol. The number of fused-ring (bicyclic) bond motifs is 1. The number of alkyl halides is 3. The summed E-state index contributed by atoms with van der Waals surface area (Å²) in [6.45, 7) is 2.26. The molecule has 0 aliphatic heterocycles. The van der Waals surface area contributed by atoms with Crippen LogP contribution in [-0.4, -0.2) is 48.8 Å². The van der Waals surface area contributed by atoms with Gasteiger partial charge >= 0.3 is 11.9 Å². The third kappa shape index (κ3) is 5.18. The molecular weight excluding hydrogens is 519 g/mol. The summed E-state index contributed by atoms with van der Waals surface area (Å²) in [4.78, 5) is 21.1. The zero-order valence-corrected chi connectivity index (χ0v) is 20.5. The Labute approximate surface area is 212 Å². The van der Waals surface area contributed by atoms with E-state index in [1.165, 1.54) is 48.2 Å². The minimum atomic E-state index is -4.69. The highest BCUT2D eigenvalue weighted by molar-refractivity contribution is 6.31. The number of aromatic nitrogens is 5. The Bertz CT molecular complexity index is 1500. The van der Waals surface area contributed by atoms with Gasteiger partial charge in [-0.2, -0.15) is 22.8 Å². The second-order valence-corrected chi connectivity index (χ2v) is 8.12. The molecule has 1 aromatic carbocycles. The number of ether oxygens (including phenoxy) is 3. The highest BCUT2D eigenvalue weighted by atomic mass is 35.5. The molecule has 3 aromatic heterocycles. The van der Waals surface area contributed by atoms with Gasteiger partial charge in [-0.05, 0) is 37.4 Å². The highest BCUT2D eigenvalue weighted by Crippen LogP contribution is 2.39. The number of rotatable bonds is 8. The van der Waals surface area contributed by atoms with Gasteiger partial charge in [-0.3, -0.25) is 4.57 Å². The van der Waals surface area contributed by atoms with E-state index in [1.54, 1.807) is 6.92 Å². The first kappa shape index (κ1) is 26.2. The fraction of sp³-hybridized carbons (Fsp3) is 0.304. The molecule has 0 radical (unpaired) electrons. The van der Waals surface area contributed by atoms with Crippen LogP contribution in [0.15, 0.2) is 41.3 Å². The van der Waals surface area contributed by atoms with Crippen LogP contribution in [-0.2, 0) is 13.2 Å². The predicted octanol–water partition coefficient (Wildman–Crippen LogP) is 4.27. The van der Waals surface area contributed by atoms with Crippen LogP contribution in [0, 0.1) is 0 Å². The Hall–Kier alpha value is -3.84.